The van der Waals surface area contributed by atoms with Gasteiger partial charge in [0.25, 0.3) is 0 Å². The molecule has 0 amide bonds. The van der Waals surface area contributed by atoms with E-state index in [1.165, 1.54) is 5.56 Å². The van der Waals surface area contributed by atoms with Gasteiger partial charge in [0.2, 0.25) is 0 Å². The maximum atomic E-state index is 7.09. The molecular formula is C11H14NO2-. The smallest absolute Gasteiger partial charge is 0.119 e. The summed E-state index contributed by atoms with van der Waals surface area (Å²) in [4.78, 5) is 0. The van der Waals surface area contributed by atoms with Crippen LogP contribution in [-0.2, 0) is 11.2 Å². The van der Waals surface area contributed by atoms with Crippen molar-refractivity contribution in [2.75, 3.05) is 19.8 Å². The second-order valence-electron chi connectivity index (χ2n) is 3.41. The molecule has 1 saturated heterocycles. The first kappa shape index (κ1) is 9.49. The van der Waals surface area contributed by atoms with Gasteiger partial charge >= 0.3 is 0 Å². The van der Waals surface area contributed by atoms with Gasteiger partial charge in [-0.15, -0.1) is 6.54 Å². The number of hydrogen-bond acceptors (Lipinski definition) is 2. The van der Waals surface area contributed by atoms with Gasteiger partial charge in [0, 0.05) is 0 Å². The molecule has 0 spiro atoms. The normalized spacial score (nSPS) is 19.4. The van der Waals surface area contributed by atoms with Crippen molar-refractivity contribution >= 4 is 0 Å². The van der Waals surface area contributed by atoms with Crippen LogP contribution in [0, 0.1) is 0 Å². The van der Waals surface area contributed by atoms with Gasteiger partial charge in [0.05, 0.1) is 6.61 Å². The van der Waals surface area contributed by atoms with Crippen LogP contribution in [0.25, 0.3) is 5.73 Å². The zero-order valence-corrected chi connectivity index (χ0v) is 8.03. The van der Waals surface area contributed by atoms with Gasteiger partial charge in [0.15, 0.2) is 0 Å². The number of ether oxygens (including phenoxy) is 2. The van der Waals surface area contributed by atoms with E-state index in [4.69, 9.17) is 15.2 Å². The molecule has 1 aromatic rings. The molecule has 2 rings (SSSR count). The van der Waals surface area contributed by atoms with E-state index in [-0.39, 0.29) is 0 Å². The quantitative estimate of drug-likeness (QED) is 0.670. The summed E-state index contributed by atoms with van der Waals surface area (Å²) in [6.07, 6.45) is 1.12. The molecule has 0 aromatic heterocycles. The Balaban J connectivity index is 1.84. The van der Waals surface area contributed by atoms with Crippen LogP contribution < -0.4 is 4.74 Å². The van der Waals surface area contributed by atoms with Crippen molar-refractivity contribution in [1.29, 1.82) is 0 Å². The maximum absolute atomic E-state index is 7.09. The summed E-state index contributed by atoms with van der Waals surface area (Å²) in [5.74, 6) is 0.884. The maximum Gasteiger partial charge on any atom is 0.119 e. The van der Waals surface area contributed by atoms with Crippen LogP contribution >= 0.6 is 0 Å². The fraction of sp³-hybridized carbons (Fsp3) is 0.455. The third-order valence-corrected chi connectivity index (χ3v) is 2.18. The van der Waals surface area contributed by atoms with Crippen molar-refractivity contribution < 1.29 is 9.47 Å². The molecule has 0 radical (unpaired) electrons. The Labute approximate surface area is 83.8 Å². The van der Waals surface area contributed by atoms with Crippen molar-refractivity contribution in [3.63, 3.8) is 0 Å². The van der Waals surface area contributed by atoms with Crippen LogP contribution in [0.2, 0.25) is 0 Å². The predicted molar refractivity (Wildman–Crippen MR) is 54.6 cm³/mol. The van der Waals surface area contributed by atoms with Crippen molar-refractivity contribution in [2.24, 2.45) is 0 Å². The first-order valence-electron chi connectivity index (χ1n) is 4.86. The largest absolute Gasteiger partial charge is 0.677 e. The van der Waals surface area contributed by atoms with Crippen LogP contribution in [0.3, 0.4) is 0 Å². The fourth-order valence-electron chi connectivity index (χ4n) is 1.25. The molecule has 76 valence electrons. The summed E-state index contributed by atoms with van der Waals surface area (Å²) in [5, 5.41) is 0. The van der Waals surface area contributed by atoms with E-state index in [0.29, 0.717) is 19.3 Å². The van der Waals surface area contributed by atoms with Crippen LogP contribution in [0.1, 0.15) is 5.56 Å². The van der Waals surface area contributed by atoms with Gasteiger partial charge in [-0.05, 0) is 24.1 Å². The van der Waals surface area contributed by atoms with Gasteiger partial charge < -0.3 is 15.2 Å². The molecule has 1 aromatic carbocycles. The number of hydrogen-bond donors (Lipinski definition) is 0. The first-order chi connectivity index (χ1) is 6.88. The lowest BCUT2D eigenvalue weighted by atomic mass is 10.1. The van der Waals surface area contributed by atoms with Gasteiger partial charge in [-0.1, -0.05) is 12.1 Å². The van der Waals surface area contributed by atoms with Gasteiger partial charge in [-0.3, -0.25) is 0 Å². The summed E-state index contributed by atoms with van der Waals surface area (Å²) in [7, 11) is 0. The lowest BCUT2D eigenvalue weighted by Crippen LogP contribution is -2.03. The minimum Gasteiger partial charge on any atom is -0.677 e. The highest BCUT2D eigenvalue weighted by atomic mass is 16.6. The zero-order chi connectivity index (χ0) is 9.80. The highest BCUT2D eigenvalue weighted by Crippen LogP contribution is 2.15. The zero-order valence-electron chi connectivity index (χ0n) is 8.03. The standard InChI is InChI=1S/C11H14NO2/c12-6-5-9-1-3-10(4-2-9)13-7-11-8-14-11/h1-4,11-12H,5-8H2/q-1. The lowest BCUT2D eigenvalue weighted by Gasteiger charge is -2.06. The average molecular weight is 192 g/mol. The Kier molecular flexibility index (Phi) is 3.01. The molecule has 1 aliphatic heterocycles. The molecule has 3 heteroatoms. The number of benzene rings is 1. The molecule has 1 N–H and O–H groups in total. The van der Waals surface area contributed by atoms with E-state index < -0.39 is 0 Å². The molecule has 0 aliphatic carbocycles. The van der Waals surface area contributed by atoms with E-state index in [9.17, 15) is 0 Å². The highest BCUT2D eigenvalue weighted by molar-refractivity contribution is 5.27. The topological polar surface area (TPSA) is 45.6 Å². The summed E-state index contributed by atoms with van der Waals surface area (Å²) < 4.78 is 10.5. The SMILES string of the molecule is [NH-]CCc1ccc(OCC2CO2)cc1. The van der Waals surface area contributed by atoms with Gasteiger partial charge in [-0.2, -0.15) is 0 Å². The summed E-state index contributed by atoms with van der Waals surface area (Å²) in [6, 6.07) is 7.93. The van der Waals surface area contributed by atoms with Crippen LogP contribution in [-0.4, -0.2) is 25.9 Å². The minimum atomic E-state index is 0.308. The number of rotatable bonds is 5. The van der Waals surface area contributed by atoms with Gasteiger partial charge in [-0.25, -0.2) is 0 Å². The molecule has 0 bridgehead atoms. The van der Waals surface area contributed by atoms with E-state index in [1.54, 1.807) is 0 Å². The third-order valence-electron chi connectivity index (χ3n) is 2.18. The Bertz CT molecular complexity index is 280. The minimum absolute atomic E-state index is 0.308. The molecule has 0 saturated carbocycles. The lowest BCUT2D eigenvalue weighted by molar-refractivity contribution is 0.263. The number of epoxide rings is 1. The Morgan fingerprint density at radius 1 is 1.36 bits per heavy atom. The van der Waals surface area contributed by atoms with E-state index in [0.717, 1.165) is 18.8 Å². The summed E-state index contributed by atoms with van der Waals surface area (Å²) in [5.41, 5.74) is 8.28. The van der Waals surface area contributed by atoms with Crippen molar-refractivity contribution in [3.05, 3.63) is 35.6 Å². The van der Waals surface area contributed by atoms with E-state index in [1.807, 2.05) is 24.3 Å². The Morgan fingerprint density at radius 3 is 2.64 bits per heavy atom. The molecule has 1 atom stereocenters. The molecular weight excluding hydrogens is 178 g/mol. The molecule has 1 unspecified atom stereocenters. The Hall–Kier alpha value is -1.06. The monoisotopic (exact) mass is 192 g/mol. The first-order valence-corrected chi connectivity index (χ1v) is 4.86. The predicted octanol–water partition coefficient (Wildman–Crippen LogP) is 2.06. The molecule has 1 aliphatic rings. The molecule has 1 heterocycles. The van der Waals surface area contributed by atoms with Crippen LogP contribution in [0.4, 0.5) is 0 Å². The third kappa shape index (κ3) is 2.72. The second kappa shape index (κ2) is 4.44. The highest BCUT2D eigenvalue weighted by Gasteiger charge is 2.22. The van der Waals surface area contributed by atoms with Gasteiger partial charge in [0.1, 0.15) is 18.5 Å². The van der Waals surface area contributed by atoms with Crippen molar-refractivity contribution in [3.8, 4) is 5.75 Å². The van der Waals surface area contributed by atoms with E-state index >= 15 is 0 Å². The van der Waals surface area contributed by atoms with Crippen molar-refractivity contribution in [1.82, 2.24) is 0 Å². The van der Waals surface area contributed by atoms with Crippen LogP contribution in [0.5, 0.6) is 5.75 Å². The van der Waals surface area contributed by atoms with Crippen molar-refractivity contribution in [2.45, 2.75) is 12.5 Å². The summed E-state index contributed by atoms with van der Waals surface area (Å²) >= 11 is 0. The van der Waals surface area contributed by atoms with Crippen LogP contribution in [0.15, 0.2) is 24.3 Å². The molecule has 14 heavy (non-hydrogen) atoms. The molecule has 1 fully saturated rings. The molecule has 3 nitrogen and oxygen atoms in total. The second-order valence-corrected chi connectivity index (χ2v) is 3.41. The number of nitrogens with one attached hydrogen (secondary N) is 1. The summed E-state index contributed by atoms with van der Waals surface area (Å²) in [6.45, 7) is 1.92. The van der Waals surface area contributed by atoms with E-state index in [2.05, 4.69) is 0 Å². The average Bonchev–Trinajstić information content (AvgIpc) is 3.01. The fourth-order valence-corrected chi connectivity index (χ4v) is 1.25. The Morgan fingerprint density at radius 2 is 2.07 bits per heavy atom.